The van der Waals surface area contributed by atoms with Gasteiger partial charge in [0, 0.05) is 18.8 Å². The summed E-state index contributed by atoms with van der Waals surface area (Å²) in [5.41, 5.74) is 3.42. The van der Waals surface area contributed by atoms with Crippen LogP contribution in [0.25, 0.3) is 0 Å². The summed E-state index contributed by atoms with van der Waals surface area (Å²) in [5.74, 6) is 0.690. The second kappa shape index (κ2) is 10.3. The molecule has 2 aromatic rings. The predicted molar refractivity (Wildman–Crippen MR) is 115 cm³/mol. The summed E-state index contributed by atoms with van der Waals surface area (Å²) in [6, 6.07) is 18.5. The van der Waals surface area contributed by atoms with Gasteiger partial charge in [-0.25, -0.2) is 4.79 Å². The molecule has 3 rings (SSSR count). The maximum atomic E-state index is 13.1. The van der Waals surface area contributed by atoms with Crippen LogP contribution in [0.5, 0.6) is 0 Å². The summed E-state index contributed by atoms with van der Waals surface area (Å²) in [6.07, 6.45) is 6.62. The van der Waals surface area contributed by atoms with Gasteiger partial charge in [-0.3, -0.25) is 4.90 Å². The maximum Gasteiger partial charge on any atom is 0.324 e. The molecule has 0 saturated heterocycles. The average molecular weight is 381 g/mol. The largest absolute Gasteiger partial charge is 0.395 e. The Kier molecular flexibility index (Phi) is 7.49. The first kappa shape index (κ1) is 20.4. The average Bonchev–Trinajstić information content (AvgIpc) is 2.77. The van der Waals surface area contributed by atoms with Crippen LogP contribution in [0.1, 0.15) is 56.1 Å². The standard InChI is InChI=1S/C24H32N2O2/c1-2-25(17-18-27)24(28)26(23-11-7-4-8-12-23)19-20-13-15-22(16-14-20)21-9-5-3-6-10-21/h4,7-8,11-16,21,27H,2-3,5-6,9-10,17-19H2,1H3. The lowest BCUT2D eigenvalue weighted by Crippen LogP contribution is -2.44. The third-order valence-corrected chi connectivity index (χ3v) is 5.72. The van der Waals surface area contributed by atoms with E-state index in [1.165, 1.54) is 37.7 Å². The summed E-state index contributed by atoms with van der Waals surface area (Å²) in [7, 11) is 0. The number of rotatable bonds is 7. The van der Waals surface area contributed by atoms with Gasteiger partial charge in [-0.2, -0.15) is 0 Å². The van der Waals surface area contributed by atoms with Gasteiger partial charge in [0.15, 0.2) is 0 Å². The monoisotopic (exact) mass is 380 g/mol. The number of nitrogens with zero attached hydrogens (tertiary/aromatic N) is 2. The molecule has 1 aliphatic carbocycles. The number of urea groups is 1. The molecule has 0 unspecified atom stereocenters. The molecule has 1 N–H and O–H groups in total. The Bertz CT molecular complexity index is 724. The van der Waals surface area contributed by atoms with Crippen LogP contribution in [0.3, 0.4) is 0 Å². The molecule has 4 nitrogen and oxygen atoms in total. The van der Waals surface area contributed by atoms with E-state index in [1.54, 1.807) is 9.80 Å². The number of para-hydroxylation sites is 1. The summed E-state index contributed by atoms with van der Waals surface area (Å²) >= 11 is 0. The highest BCUT2D eigenvalue weighted by Crippen LogP contribution is 2.32. The number of benzene rings is 2. The van der Waals surface area contributed by atoms with E-state index in [0.717, 1.165) is 11.3 Å². The van der Waals surface area contributed by atoms with Crippen LogP contribution in [0, 0.1) is 0 Å². The van der Waals surface area contributed by atoms with Crippen molar-refractivity contribution in [1.29, 1.82) is 0 Å². The van der Waals surface area contributed by atoms with Gasteiger partial charge in [0.05, 0.1) is 13.2 Å². The van der Waals surface area contributed by atoms with Crippen LogP contribution in [-0.4, -0.2) is 35.7 Å². The molecular weight excluding hydrogens is 348 g/mol. The van der Waals surface area contributed by atoms with E-state index in [-0.39, 0.29) is 12.6 Å². The van der Waals surface area contributed by atoms with Crippen molar-refractivity contribution in [1.82, 2.24) is 4.90 Å². The lowest BCUT2D eigenvalue weighted by atomic mass is 9.84. The van der Waals surface area contributed by atoms with Gasteiger partial charge in [0.1, 0.15) is 0 Å². The fraction of sp³-hybridized carbons (Fsp3) is 0.458. The number of likely N-dealkylation sites (N-methyl/N-ethyl adjacent to an activating group) is 1. The van der Waals surface area contributed by atoms with Crippen LogP contribution < -0.4 is 4.90 Å². The molecule has 150 valence electrons. The van der Waals surface area contributed by atoms with E-state index < -0.39 is 0 Å². The summed E-state index contributed by atoms with van der Waals surface area (Å²) < 4.78 is 0. The van der Waals surface area contributed by atoms with Crippen LogP contribution in [0.15, 0.2) is 54.6 Å². The number of hydrogen-bond donors (Lipinski definition) is 1. The number of aliphatic hydroxyl groups is 1. The van der Waals surface area contributed by atoms with Crippen LogP contribution in [-0.2, 0) is 6.54 Å². The minimum Gasteiger partial charge on any atom is -0.395 e. The maximum absolute atomic E-state index is 13.1. The van der Waals surface area contributed by atoms with E-state index in [1.807, 2.05) is 37.3 Å². The number of carbonyl (C=O) groups excluding carboxylic acids is 1. The highest BCUT2D eigenvalue weighted by Gasteiger charge is 2.22. The molecule has 1 aliphatic rings. The Hall–Kier alpha value is -2.33. The Morgan fingerprint density at radius 1 is 1.00 bits per heavy atom. The highest BCUT2D eigenvalue weighted by molar-refractivity contribution is 5.91. The topological polar surface area (TPSA) is 43.8 Å². The van der Waals surface area contributed by atoms with Gasteiger partial charge in [-0.05, 0) is 48.9 Å². The second-order valence-corrected chi connectivity index (χ2v) is 7.58. The van der Waals surface area contributed by atoms with Crippen molar-refractivity contribution in [2.24, 2.45) is 0 Å². The molecule has 0 aliphatic heterocycles. The number of amides is 2. The van der Waals surface area contributed by atoms with Crippen molar-refractivity contribution in [3.8, 4) is 0 Å². The minimum absolute atomic E-state index is 0.0295. The Labute approximate surface area is 168 Å². The van der Waals surface area contributed by atoms with Gasteiger partial charge >= 0.3 is 6.03 Å². The van der Waals surface area contributed by atoms with E-state index in [4.69, 9.17) is 0 Å². The molecule has 0 aromatic heterocycles. The highest BCUT2D eigenvalue weighted by atomic mass is 16.3. The number of carbonyl (C=O) groups is 1. The first-order valence-corrected chi connectivity index (χ1v) is 10.5. The van der Waals surface area contributed by atoms with Crippen molar-refractivity contribution < 1.29 is 9.90 Å². The Balaban J connectivity index is 1.78. The van der Waals surface area contributed by atoms with Crippen molar-refractivity contribution in [3.63, 3.8) is 0 Å². The van der Waals surface area contributed by atoms with Crippen LogP contribution in [0.2, 0.25) is 0 Å². The Morgan fingerprint density at radius 2 is 1.68 bits per heavy atom. The van der Waals surface area contributed by atoms with E-state index in [0.29, 0.717) is 25.6 Å². The fourth-order valence-electron chi connectivity index (χ4n) is 4.07. The van der Waals surface area contributed by atoms with E-state index >= 15 is 0 Å². The zero-order chi connectivity index (χ0) is 19.8. The van der Waals surface area contributed by atoms with E-state index in [9.17, 15) is 9.90 Å². The molecule has 0 spiro atoms. The van der Waals surface area contributed by atoms with Gasteiger partial charge < -0.3 is 10.0 Å². The number of aliphatic hydroxyl groups excluding tert-OH is 1. The van der Waals surface area contributed by atoms with Gasteiger partial charge in [-0.1, -0.05) is 61.7 Å². The predicted octanol–water partition coefficient (Wildman–Crippen LogP) is 5.18. The summed E-state index contributed by atoms with van der Waals surface area (Å²) in [5, 5.41) is 9.30. The lowest BCUT2D eigenvalue weighted by molar-refractivity contribution is 0.186. The van der Waals surface area contributed by atoms with Gasteiger partial charge in [0.2, 0.25) is 0 Å². The smallest absolute Gasteiger partial charge is 0.324 e. The molecule has 0 radical (unpaired) electrons. The zero-order valence-corrected chi connectivity index (χ0v) is 16.9. The number of anilines is 1. The van der Waals surface area contributed by atoms with Crippen molar-refractivity contribution in [2.45, 2.75) is 51.5 Å². The Morgan fingerprint density at radius 3 is 2.29 bits per heavy atom. The first-order valence-electron chi connectivity index (χ1n) is 10.5. The van der Waals surface area contributed by atoms with Crippen LogP contribution in [0.4, 0.5) is 10.5 Å². The fourth-order valence-corrected chi connectivity index (χ4v) is 4.07. The van der Waals surface area contributed by atoms with Crippen molar-refractivity contribution in [3.05, 3.63) is 65.7 Å². The van der Waals surface area contributed by atoms with Crippen molar-refractivity contribution in [2.75, 3.05) is 24.6 Å². The normalized spacial score (nSPS) is 14.6. The summed E-state index contributed by atoms with van der Waals surface area (Å²) in [6.45, 7) is 3.35. The molecule has 0 atom stereocenters. The third kappa shape index (κ3) is 5.14. The lowest BCUT2D eigenvalue weighted by Gasteiger charge is -2.30. The molecule has 28 heavy (non-hydrogen) atoms. The molecule has 2 aromatic carbocycles. The van der Waals surface area contributed by atoms with E-state index in [2.05, 4.69) is 24.3 Å². The molecule has 4 heteroatoms. The van der Waals surface area contributed by atoms with Gasteiger partial charge in [0.25, 0.3) is 0 Å². The zero-order valence-electron chi connectivity index (χ0n) is 16.9. The molecule has 1 fully saturated rings. The van der Waals surface area contributed by atoms with Crippen molar-refractivity contribution >= 4 is 11.7 Å². The quantitative estimate of drug-likeness (QED) is 0.720. The molecule has 0 bridgehead atoms. The van der Waals surface area contributed by atoms with Gasteiger partial charge in [-0.15, -0.1) is 0 Å². The second-order valence-electron chi connectivity index (χ2n) is 7.58. The minimum atomic E-state index is -0.0703. The summed E-state index contributed by atoms with van der Waals surface area (Å²) in [4.78, 5) is 16.6. The molecular formula is C24H32N2O2. The first-order chi connectivity index (χ1) is 13.7. The molecule has 2 amide bonds. The SMILES string of the molecule is CCN(CCO)C(=O)N(Cc1ccc(C2CCCCC2)cc1)c1ccccc1. The molecule has 1 saturated carbocycles. The third-order valence-electron chi connectivity index (χ3n) is 5.72. The van der Waals surface area contributed by atoms with Crippen LogP contribution >= 0.6 is 0 Å². The molecule has 0 heterocycles. The number of hydrogen-bond acceptors (Lipinski definition) is 2.